The summed E-state index contributed by atoms with van der Waals surface area (Å²) in [4.78, 5) is 27.9. The van der Waals surface area contributed by atoms with Crippen LogP contribution in [0, 0.1) is 0 Å². The van der Waals surface area contributed by atoms with Crippen molar-refractivity contribution in [1.82, 2.24) is 29.9 Å². The third-order valence-corrected chi connectivity index (χ3v) is 4.27. The molecule has 0 radical (unpaired) electrons. The molecule has 0 unspecified atom stereocenters. The highest BCUT2D eigenvalue weighted by Gasteiger charge is 2.22. The monoisotopic (exact) mass is 334 g/mol. The molecule has 25 heavy (non-hydrogen) atoms. The Bertz CT molecular complexity index is 803. The Morgan fingerprint density at radius 2 is 1.68 bits per heavy atom. The van der Waals surface area contributed by atoms with Crippen LogP contribution in [0.4, 0.5) is 17.6 Å². The average Bonchev–Trinajstić information content (AvgIpc) is 2.70. The molecule has 0 bridgehead atoms. The van der Waals surface area contributed by atoms with Gasteiger partial charge in [0.2, 0.25) is 5.95 Å². The van der Waals surface area contributed by atoms with Crippen LogP contribution >= 0.6 is 0 Å². The number of aromatic nitrogens is 6. The molecule has 3 aromatic rings. The van der Waals surface area contributed by atoms with E-state index in [1.165, 1.54) is 0 Å². The first-order chi connectivity index (χ1) is 12.4. The fourth-order valence-electron chi connectivity index (χ4n) is 3.00. The number of nitrogens with zero attached hydrogens (tertiary/aromatic N) is 7. The zero-order valence-electron chi connectivity index (χ0n) is 13.7. The van der Waals surface area contributed by atoms with Crippen molar-refractivity contribution >= 4 is 17.6 Å². The van der Waals surface area contributed by atoms with Gasteiger partial charge in [-0.3, -0.25) is 9.97 Å². The Hall–Kier alpha value is -3.16. The van der Waals surface area contributed by atoms with Gasteiger partial charge in [-0.1, -0.05) is 0 Å². The topological polar surface area (TPSA) is 92.6 Å². The average molecular weight is 334 g/mol. The van der Waals surface area contributed by atoms with E-state index < -0.39 is 0 Å². The Labute approximate surface area is 145 Å². The van der Waals surface area contributed by atoms with Crippen molar-refractivity contribution < 1.29 is 0 Å². The van der Waals surface area contributed by atoms with Crippen LogP contribution in [0.1, 0.15) is 24.5 Å². The summed E-state index contributed by atoms with van der Waals surface area (Å²) in [7, 11) is 0. The maximum absolute atomic E-state index is 4.65. The van der Waals surface area contributed by atoms with Crippen molar-refractivity contribution in [3.63, 3.8) is 0 Å². The summed E-state index contributed by atoms with van der Waals surface area (Å²) in [6.45, 7) is 1.89. The third-order valence-electron chi connectivity index (χ3n) is 4.27. The molecular formula is C17H18N8. The molecule has 1 N–H and O–H groups in total. The molecule has 4 rings (SSSR count). The van der Waals surface area contributed by atoms with Crippen LogP contribution in [0.25, 0.3) is 0 Å². The van der Waals surface area contributed by atoms with Crippen LogP contribution in [0.5, 0.6) is 0 Å². The summed E-state index contributed by atoms with van der Waals surface area (Å²) < 4.78 is 0. The van der Waals surface area contributed by atoms with Gasteiger partial charge in [0.15, 0.2) is 5.82 Å². The zero-order chi connectivity index (χ0) is 16.9. The summed E-state index contributed by atoms with van der Waals surface area (Å²) in [6.07, 6.45) is 14.0. The van der Waals surface area contributed by atoms with E-state index in [0.717, 1.165) is 37.4 Å². The largest absolute Gasteiger partial charge is 0.355 e. The van der Waals surface area contributed by atoms with Gasteiger partial charge in [0.05, 0.1) is 12.4 Å². The van der Waals surface area contributed by atoms with Crippen molar-refractivity contribution in [1.29, 1.82) is 0 Å². The predicted molar refractivity (Wildman–Crippen MR) is 93.6 cm³/mol. The number of rotatable bonds is 4. The van der Waals surface area contributed by atoms with E-state index in [2.05, 4.69) is 40.1 Å². The van der Waals surface area contributed by atoms with Crippen LogP contribution in [-0.2, 0) is 0 Å². The molecule has 8 nitrogen and oxygen atoms in total. The van der Waals surface area contributed by atoms with E-state index in [0.29, 0.717) is 17.7 Å². The second kappa shape index (κ2) is 7.16. The molecule has 0 saturated carbocycles. The molecule has 8 heteroatoms. The van der Waals surface area contributed by atoms with Gasteiger partial charge in [0.25, 0.3) is 0 Å². The van der Waals surface area contributed by atoms with E-state index in [-0.39, 0.29) is 0 Å². The molecule has 4 heterocycles. The van der Waals surface area contributed by atoms with E-state index >= 15 is 0 Å². The summed E-state index contributed by atoms with van der Waals surface area (Å²) in [5, 5.41) is 3.09. The zero-order valence-corrected chi connectivity index (χ0v) is 13.7. The normalized spacial score (nSPS) is 15.1. The molecule has 0 aromatic carbocycles. The maximum atomic E-state index is 4.65. The third kappa shape index (κ3) is 3.68. The van der Waals surface area contributed by atoms with Gasteiger partial charge in [-0.2, -0.15) is 0 Å². The first kappa shape index (κ1) is 15.4. The molecule has 0 atom stereocenters. The number of hydrogen-bond acceptors (Lipinski definition) is 8. The maximum Gasteiger partial charge on any atom is 0.228 e. The van der Waals surface area contributed by atoms with Crippen molar-refractivity contribution in [2.75, 3.05) is 23.3 Å². The summed E-state index contributed by atoms with van der Waals surface area (Å²) in [6, 6.07) is 1.99. The minimum absolute atomic E-state index is 0.415. The highest BCUT2D eigenvalue weighted by atomic mass is 15.2. The predicted octanol–water partition coefficient (Wildman–Crippen LogP) is 2.18. The Morgan fingerprint density at radius 1 is 0.880 bits per heavy atom. The summed E-state index contributed by atoms with van der Waals surface area (Å²) in [5.41, 5.74) is 1.06. The van der Waals surface area contributed by atoms with E-state index in [4.69, 9.17) is 0 Å². The standard InChI is InChI=1S/C17H18N8/c1-4-22-17(24-15-11-18-5-7-20-15)23-14(1)13-2-9-25(10-3-13)16-12-19-6-8-21-16/h1,4-8,11-13H,2-3,9-10H2,(H,20,22,23,24). The number of hydrogen-bond donors (Lipinski definition) is 1. The minimum Gasteiger partial charge on any atom is -0.355 e. The van der Waals surface area contributed by atoms with Gasteiger partial charge in [-0.25, -0.2) is 19.9 Å². The lowest BCUT2D eigenvalue weighted by Gasteiger charge is -2.32. The Morgan fingerprint density at radius 3 is 2.40 bits per heavy atom. The Kier molecular flexibility index (Phi) is 4.40. The van der Waals surface area contributed by atoms with Gasteiger partial charge >= 0.3 is 0 Å². The first-order valence-electron chi connectivity index (χ1n) is 8.25. The van der Waals surface area contributed by atoms with Gasteiger partial charge in [-0.15, -0.1) is 0 Å². The van der Waals surface area contributed by atoms with E-state index in [1.54, 1.807) is 37.2 Å². The second-order valence-corrected chi connectivity index (χ2v) is 5.85. The second-order valence-electron chi connectivity index (χ2n) is 5.85. The SMILES string of the molecule is c1cnc(Nc2nccc(C3CCN(c4cnccn4)CC3)n2)cn1. The highest BCUT2D eigenvalue weighted by molar-refractivity contribution is 5.45. The molecule has 0 aliphatic carbocycles. The van der Waals surface area contributed by atoms with Gasteiger partial charge in [-0.05, 0) is 18.9 Å². The lowest BCUT2D eigenvalue weighted by atomic mass is 9.93. The van der Waals surface area contributed by atoms with Crippen molar-refractivity contribution in [2.24, 2.45) is 0 Å². The van der Waals surface area contributed by atoms with Gasteiger partial charge < -0.3 is 10.2 Å². The molecule has 1 saturated heterocycles. The van der Waals surface area contributed by atoms with Crippen molar-refractivity contribution in [3.8, 4) is 0 Å². The van der Waals surface area contributed by atoms with Crippen molar-refractivity contribution in [3.05, 3.63) is 55.1 Å². The molecule has 126 valence electrons. The molecule has 1 aliphatic rings. The number of anilines is 3. The van der Waals surface area contributed by atoms with E-state index in [9.17, 15) is 0 Å². The Balaban J connectivity index is 1.42. The molecular weight excluding hydrogens is 316 g/mol. The molecule has 1 fully saturated rings. The van der Waals surface area contributed by atoms with Crippen LogP contribution < -0.4 is 10.2 Å². The molecule has 1 aliphatic heterocycles. The number of nitrogens with one attached hydrogen (secondary N) is 1. The summed E-state index contributed by atoms with van der Waals surface area (Å²) >= 11 is 0. The fourth-order valence-corrected chi connectivity index (χ4v) is 3.00. The highest BCUT2D eigenvalue weighted by Crippen LogP contribution is 2.28. The quantitative estimate of drug-likeness (QED) is 0.776. The molecule has 0 amide bonds. The smallest absolute Gasteiger partial charge is 0.228 e. The molecule has 3 aromatic heterocycles. The van der Waals surface area contributed by atoms with E-state index in [1.807, 2.05) is 12.3 Å². The van der Waals surface area contributed by atoms with Gasteiger partial charge in [0.1, 0.15) is 5.82 Å². The lowest BCUT2D eigenvalue weighted by Crippen LogP contribution is -2.33. The lowest BCUT2D eigenvalue weighted by molar-refractivity contribution is 0.493. The van der Waals surface area contributed by atoms with Crippen LogP contribution in [0.3, 0.4) is 0 Å². The number of piperidine rings is 1. The minimum atomic E-state index is 0.415. The first-order valence-corrected chi connectivity index (χ1v) is 8.25. The van der Waals surface area contributed by atoms with Crippen LogP contribution in [-0.4, -0.2) is 43.0 Å². The van der Waals surface area contributed by atoms with Crippen LogP contribution in [0.2, 0.25) is 0 Å². The summed E-state index contributed by atoms with van der Waals surface area (Å²) in [5.74, 6) is 2.54. The van der Waals surface area contributed by atoms with Crippen LogP contribution in [0.15, 0.2) is 49.4 Å². The van der Waals surface area contributed by atoms with Gasteiger partial charge in [0, 0.05) is 55.7 Å². The fraction of sp³-hybridized carbons (Fsp3) is 0.294. The van der Waals surface area contributed by atoms with Crippen molar-refractivity contribution in [2.45, 2.75) is 18.8 Å². The molecule has 0 spiro atoms.